The molecular formula is C9H18N2OS. The van der Waals surface area contributed by atoms with Gasteiger partial charge in [0.25, 0.3) is 0 Å². The number of rotatable bonds is 3. The Labute approximate surface area is 85.0 Å². The lowest BCUT2D eigenvalue weighted by Gasteiger charge is -2.28. The first-order chi connectivity index (χ1) is 6.24. The fourth-order valence-corrected chi connectivity index (χ4v) is 1.81. The fourth-order valence-electron chi connectivity index (χ4n) is 1.55. The fraction of sp³-hybridized carbons (Fsp3) is 0.889. The molecule has 0 saturated carbocycles. The van der Waals surface area contributed by atoms with Crippen LogP contribution < -0.4 is 11.1 Å². The topological polar surface area (TPSA) is 47.3 Å². The number of hydrogen-bond acceptors (Lipinski definition) is 4. The van der Waals surface area contributed by atoms with Crippen LogP contribution >= 0.6 is 12.2 Å². The summed E-state index contributed by atoms with van der Waals surface area (Å²) in [7, 11) is 0. The van der Waals surface area contributed by atoms with Gasteiger partial charge in [-0.05, 0) is 37.5 Å². The minimum atomic E-state index is 0.255. The standard InChI is InChI=1S/C9H18N2OS/c1-7-2-4-11-8(6-7)9(13)12-5-3-10/h7-8,11H,2-6,10H2,1H3. The van der Waals surface area contributed by atoms with E-state index in [4.69, 9.17) is 22.7 Å². The zero-order valence-electron chi connectivity index (χ0n) is 8.08. The number of hydrogen-bond donors (Lipinski definition) is 2. The van der Waals surface area contributed by atoms with E-state index >= 15 is 0 Å². The third-order valence-electron chi connectivity index (χ3n) is 2.31. The molecule has 0 aliphatic carbocycles. The van der Waals surface area contributed by atoms with E-state index in [-0.39, 0.29) is 6.04 Å². The highest BCUT2D eigenvalue weighted by molar-refractivity contribution is 7.80. The summed E-state index contributed by atoms with van der Waals surface area (Å²) in [4.78, 5) is 0. The molecule has 0 amide bonds. The number of piperidine rings is 1. The van der Waals surface area contributed by atoms with E-state index in [9.17, 15) is 0 Å². The van der Waals surface area contributed by atoms with Crippen molar-refractivity contribution in [1.29, 1.82) is 0 Å². The first-order valence-electron chi connectivity index (χ1n) is 4.84. The molecule has 1 saturated heterocycles. The number of nitrogens with two attached hydrogens (primary N) is 1. The summed E-state index contributed by atoms with van der Waals surface area (Å²) in [6.45, 7) is 4.35. The first kappa shape index (κ1) is 10.9. The van der Waals surface area contributed by atoms with Crippen LogP contribution in [-0.2, 0) is 4.74 Å². The zero-order chi connectivity index (χ0) is 9.68. The third-order valence-corrected chi connectivity index (χ3v) is 2.72. The maximum absolute atomic E-state index is 5.33. The van der Waals surface area contributed by atoms with E-state index in [2.05, 4.69) is 12.2 Å². The molecule has 2 unspecified atom stereocenters. The Bertz CT molecular complexity index is 175. The molecule has 1 aliphatic heterocycles. The Morgan fingerprint density at radius 2 is 2.46 bits per heavy atom. The molecule has 1 rings (SSSR count). The summed E-state index contributed by atoms with van der Waals surface area (Å²) in [6.07, 6.45) is 2.32. The van der Waals surface area contributed by atoms with Crippen LogP contribution in [0.3, 0.4) is 0 Å². The Morgan fingerprint density at radius 1 is 1.69 bits per heavy atom. The van der Waals surface area contributed by atoms with Crippen LogP contribution in [0, 0.1) is 5.92 Å². The van der Waals surface area contributed by atoms with Gasteiger partial charge < -0.3 is 15.8 Å². The normalized spacial score (nSPS) is 28.5. The third kappa shape index (κ3) is 3.58. The van der Waals surface area contributed by atoms with Gasteiger partial charge >= 0.3 is 0 Å². The van der Waals surface area contributed by atoms with E-state index in [0.29, 0.717) is 18.2 Å². The molecule has 2 atom stereocenters. The van der Waals surface area contributed by atoms with E-state index in [1.165, 1.54) is 6.42 Å². The average molecular weight is 202 g/mol. The molecule has 13 heavy (non-hydrogen) atoms. The smallest absolute Gasteiger partial charge is 0.176 e. The molecule has 1 fully saturated rings. The van der Waals surface area contributed by atoms with Gasteiger partial charge in [-0.1, -0.05) is 6.92 Å². The van der Waals surface area contributed by atoms with Crippen LogP contribution in [-0.4, -0.2) is 30.8 Å². The van der Waals surface area contributed by atoms with E-state index in [1.54, 1.807) is 0 Å². The second-order valence-corrected chi connectivity index (χ2v) is 3.99. The van der Waals surface area contributed by atoms with Gasteiger partial charge in [-0.15, -0.1) is 0 Å². The lowest BCUT2D eigenvalue weighted by Crippen LogP contribution is -2.43. The molecule has 1 aliphatic rings. The molecule has 0 radical (unpaired) electrons. The van der Waals surface area contributed by atoms with Crippen LogP contribution in [0.1, 0.15) is 19.8 Å². The highest BCUT2D eigenvalue weighted by Gasteiger charge is 2.22. The summed E-state index contributed by atoms with van der Waals surface area (Å²) in [5.74, 6) is 0.741. The van der Waals surface area contributed by atoms with Gasteiger partial charge in [-0.3, -0.25) is 0 Å². The molecule has 0 aromatic carbocycles. The molecule has 0 aromatic heterocycles. The number of nitrogens with one attached hydrogen (secondary N) is 1. The van der Waals surface area contributed by atoms with Gasteiger partial charge in [0.1, 0.15) is 6.61 Å². The minimum Gasteiger partial charge on any atom is -0.484 e. The highest BCUT2D eigenvalue weighted by Crippen LogP contribution is 2.16. The Kier molecular flexibility index (Phi) is 4.62. The minimum absolute atomic E-state index is 0.255. The van der Waals surface area contributed by atoms with Crippen LogP contribution in [0.4, 0.5) is 0 Å². The maximum Gasteiger partial charge on any atom is 0.176 e. The molecule has 0 aromatic rings. The van der Waals surface area contributed by atoms with E-state index in [0.717, 1.165) is 18.9 Å². The SMILES string of the molecule is CC1CCNC(C(=S)OCCN)C1. The Balaban J connectivity index is 2.28. The molecule has 1 heterocycles. The van der Waals surface area contributed by atoms with Gasteiger partial charge in [0, 0.05) is 6.54 Å². The predicted octanol–water partition coefficient (Wildman–Crippen LogP) is 0.677. The Morgan fingerprint density at radius 3 is 3.08 bits per heavy atom. The molecule has 0 bridgehead atoms. The quantitative estimate of drug-likeness (QED) is 0.661. The Hall–Kier alpha value is -0.190. The van der Waals surface area contributed by atoms with Gasteiger partial charge in [0.2, 0.25) is 0 Å². The van der Waals surface area contributed by atoms with Gasteiger partial charge in [-0.25, -0.2) is 0 Å². The first-order valence-corrected chi connectivity index (χ1v) is 5.25. The zero-order valence-corrected chi connectivity index (χ0v) is 8.90. The van der Waals surface area contributed by atoms with Crippen molar-refractivity contribution >= 4 is 17.3 Å². The van der Waals surface area contributed by atoms with Crippen molar-refractivity contribution in [1.82, 2.24) is 5.32 Å². The summed E-state index contributed by atoms with van der Waals surface area (Å²) in [5.41, 5.74) is 5.33. The highest BCUT2D eigenvalue weighted by atomic mass is 32.1. The van der Waals surface area contributed by atoms with Crippen molar-refractivity contribution in [3.8, 4) is 0 Å². The number of ether oxygens (including phenoxy) is 1. The van der Waals surface area contributed by atoms with Crippen LogP contribution in [0.5, 0.6) is 0 Å². The second-order valence-electron chi connectivity index (χ2n) is 3.59. The largest absolute Gasteiger partial charge is 0.484 e. The van der Waals surface area contributed by atoms with Crippen molar-refractivity contribution in [2.45, 2.75) is 25.8 Å². The van der Waals surface area contributed by atoms with Crippen molar-refractivity contribution in [2.24, 2.45) is 11.7 Å². The van der Waals surface area contributed by atoms with Gasteiger partial charge in [-0.2, -0.15) is 0 Å². The van der Waals surface area contributed by atoms with Crippen LogP contribution in [0.2, 0.25) is 0 Å². The van der Waals surface area contributed by atoms with Crippen molar-refractivity contribution < 1.29 is 4.74 Å². The monoisotopic (exact) mass is 202 g/mol. The van der Waals surface area contributed by atoms with E-state index < -0.39 is 0 Å². The van der Waals surface area contributed by atoms with Gasteiger partial charge in [0.05, 0.1) is 6.04 Å². The lowest BCUT2D eigenvalue weighted by atomic mass is 9.95. The molecule has 3 nitrogen and oxygen atoms in total. The van der Waals surface area contributed by atoms with Crippen molar-refractivity contribution in [3.05, 3.63) is 0 Å². The molecule has 76 valence electrons. The molecule has 0 spiro atoms. The van der Waals surface area contributed by atoms with Crippen molar-refractivity contribution in [2.75, 3.05) is 19.7 Å². The van der Waals surface area contributed by atoms with E-state index in [1.807, 2.05) is 0 Å². The maximum atomic E-state index is 5.33. The summed E-state index contributed by atoms with van der Waals surface area (Å²) >= 11 is 5.15. The number of thiocarbonyl (C=S) groups is 1. The second kappa shape index (κ2) is 5.52. The average Bonchev–Trinajstić information content (AvgIpc) is 2.14. The summed E-state index contributed by atoms with van der Waals surface area (Å²) in [6, 6.07) is 0.255. The van der Waals surface area contributed by atoms with Crippen LogP contribution in [0.15, 0.2) is 0 Å². The lowest BCUT2D eigenvalue weighted by molar-refractivity contribution is 0.277. The molecule has 4 heteroatoms. The predicted molar refractivity (Wildman–Crippen MR) is 57.8 cm³/mol. The van der Waals surface area contributed by atoms with Crippen molar-refractivity contribution in [3.63, 3.8) is 0 Å². The molecule has 3 N–H and O–H groups in total. The molecular weight excluding hydrogens is 184 g/mol. The van der Waals surface area contributed by atoms with Gasteiger partial charge in [0.15, 0.2) is 5.05 Å². The summed E-state index contributed by atoms with van der Waals surface area (Å²) in [5, 5.41) is 4.03. The summed E-state index contributed by atoms with van der Waals surface area (Å²) < 4.78 is 5.32. The van der Waals surface area contributed by atoms with Crippen LogP contribution in [0.25, 0.3) is 0 Å².